The van der Waals surface area contributed by atoms with Gasteiger partial charge in [-0.25, -0.2) is 0 Å². The summed E-state index contributed by atoms with van der Waals surface area (Å²) < 4.78 is 11.4. The molecule has 3 N–H and O–H groups in total. The molecule has 1 aromatic rings. The van der Waals surface area contributed by atoms with Crippen LogP contribution in [0.3, 0.4) is 0 Å². The van der Waals surface area contributed by atoms with Gasteiger partial charge in [0.1, 0.15) is 11.9 Å². The number of phenols is 1. The number of methoxy groups -OCH3 is 1. The summed E-state index contributed by atoms with van der Waals surface area (Å²) in [6.45, 7) is 3.60. The molecule has 0 unspecified atom stereocenters. The number of benzene rings is 1. The van der Waals surface area contributed by atoms with Crippen molar-refractivity contribution in [2.45, 2.75) is 37.4 Å². The first-order valence-electron chi connectivity index (χ1n) is 6.29. The van der Waals surface area contributed by atoms with E-state index in [1.807, 2.05) is 0 Å². The van der Waals surface area contributed by atoms with Gasteiger partial charge in [-0.05, 0) is 19.9 Å². The Labute approximate surface area is 111 Å². The van der Waals surface area contributed by atoms with E-state index in [1.54, 1.807) is 26.0 Å². The Morgan fingerprint density at radius 3 is 2.58 bits per heavy atom. The number of aliphatic hydroxyl groups is 2. The molecule has 1 heterocycles. The highest BCUT2D eigenvalue weighted by atomic mass is 16.7. The minimum atomic E-state index is -1.33. The molecule has 1 aromatic carbocycles. The van der Waals surface area contributed by atoms with E-state index in [-0.39, 0.29) is 5.75 Å². The lowest BCUT2D eigenvalue weighted by Crippen LogP contribution is -2.46. The summed E-state index contributed by atoms with van der Waals surface area (Å²) in [5.74, 6) is -1.90. The van der Waals surface area contributed by atoms with Crippen molar-refractivity contribution in [2.75, 3.05) is 7.11 Å². The molecule has 0 spiro atoms. The van der Waals surface area contributed by atoms with Crippen LogP contribution in [0.1, 0.15) is 31.1 Å². The number of hydrogen-bond donors (Lipinski definition) is 3. The second-order valence-corrected chi connectivity index (χ2v) is 5.73. The Bertz CT molecular complexity index is 527. The number of ether oxygens (including phenoxy) is 2. The third-order valence-electron chi connectivity index (χ3n) is 4.34. The molecule has 1 fully saturated rings. The molecule has 1 aliphatic heterocycles. The molecule has 19 heavy (non-hydrogen) atoms. The summed E-state index contributed by atoms with van der Waals surface area (Å²) >= 11 is 0. The van der Waals surface area contributed by atoms with Crippen LogP contribution in [0.2, 0.25) is 0 Å². The molecule has 0 radical (unpaired) electrons. The molecule has 3 rings (SSSR count). The number of aliphatic hydroxyl groups excluding tert-OH is 2. The van der Waals surface area contributed by atoms with Crippen LogP contribution in [0.25, 0.3) is 0 Å². The summed E-state index contributed by atoms with van der Waals surface area (Å²) in [4.78, 5) is 0. The molecule has 1 aliphatic carbocycles. The van der Waals surface area contributed by atoms with Crippen LogP contribution in [-0.2, 0) is 15.3 Å². The fourth-order valence-corrected chi connectivity index (χ4v) is 3.52. The standard InChI is InChI=1S/C14H18O5/c1-13(2)10-11(16)9-7(5-4-6-8(9)15)14(18-3,19-13)12(10)17/h4-6,10-12,15-17H,1-3H3/t10-,11-,12-,14+/m0/s1. The van der Waals surface area contributed by atoms with E-state index in [9.17, 15) is 15.3 Å². The zero-order chi connectivity index (χ0) is 14.0. The Morgan fingerprint density at radius 2 is 1.95 bits per heavy atom. The number of aromatic hydroxyl groups is 1. The molecule has 2 aliphatic rings. The van der Waals surface area contributed by atoms with E-state index >= 15 is 0 Å². The molecule has 2 bridgehead atoms. The third kappa shape index (κ3) is 1.38. The maximum atomic E-state index is 10.5. The van der Waals surface area contributed by atoms with Crippen LogP contribution in [0.5, 0.6) is 5.75 Å². The van der Waals surface area contributed by atoms with E-state index in [0.29, 0.717) is 11.1 Å². The topological polar surface area (TPSA) is 79.2 Å². The lowest BCUT2D eigenvalue weighted by atomic mass is 9.72. The van der Waals surface area contributed by atoms with Gasteiger partial charge in [-0.1, -0.05) is 12.1 Å². The highest BCUT2D eigenvalue weighted by Gasteiger charge is 2.66. The van der Waals surface area contributed by atoms with E-state index < -0.39 is 29.5 Å². The maximum Gasteiger partial charge on any atom is 0.223 e. The number of phenolic OH excluding ortho intramolecular Hbond substituents is 1. The van der Waals surface area contributed by atoms with E-state index in [2.05, 4.69) is 0 Å². The van der Waals surface area contributed by atoms with Crippen LogP contribution in [0.4, 0.5) is 0 Å². The van der Waals surface area contributed by atoms with Gasteiger partial charge in [0.15, 0.2) is 0 Å². The van der Waals surface area contributed by atoms with Crippen LogP contribution in [-0.4, -0.2) is 34.1 Å². The highest BCUT2D eigenvalue weighted by Crippen LogP contribution is 2.59. The second kappa shape index (κ2) is 3.70. The third-order valence-corrected chi connectivity index (χ3v) is 4.34. The maximum absolute atomic E-state index is 10.5. The second-order valence-electron chi connectivity index (χ2n) is 5.73. The lowest BCUT2D eigenvalue weighted by Gasteiger charge is -2.39. The van der Waals surface area contributed by atoms with Crippen LogP contribution < -0.4 is 0 Å². The van der Waals surface area contributed by atoms with Crippen molar-refractivity contribution in [3.8, 4) is 5.75 Å². The highest BCUT2D eigenvalue weighted by molar-refractivity contribution is 5.48. The fourth-order valence-electron chi connectivity index (χ4n) is 3.52. The van der Waals surface area contributed by atoms with Gasteiger partial charge in [0, 0.05) is 24.2 Å². The van der Waals surface area contributed by atoms with Crippen LogP contribution in [0, 0.1) is 5.92 Å². The van der Waals surface area contributed by atoms with Gasteiger partial charge < -0.3 is 24.8 Å². The van der Waals surface area contributed by atoms with Crippen molar-refractivity contribution >= 4 is 0 Å². The predicted molar refractivity (Wildman–Crippen MR) is 66.4 cm³/mol. The molecule has 1 saturated heterocycles. The fraction of sp³-hybridized carbons (Fsp3) is 0.571. The summed E-state index contributed by atoms with van der Waals surface area (Å²) in [5.41, 5.74) is 0.0994. The van der Waals surface area contributed by atoms with Crippen LogP contribution in [0.15, 0.2) is 18.2 Å². The number of hydrogen-bond acceptors (Lipinski definition) is 5. The van der Waals surface area contributed by atoms with Crippen molar-refractivity contribution in [2.24, 2.45) is 5.92 Å². The molecule has 5 nitrogen and oxygen atoms in total. The van der Waals surface area contributed by atoms with Crippen molar-refractivity contribution < 1.29 is 24.8 Å². The van der Waals surface area contributed by atoms with Gasteiger partial charge >= 0.3 is 0 Å². The molecule has 5 heteroatoms. The zero-order valence-electron chi connectivity index (χ0n) is 11.1. The molecular weight excluding hydrogens is 248 g/mol. The predicted octanol–water partition coefficient (Wildman–Crippen LogP) is 1.02. The normalized spacial score (nSPS) is 39.1. The molecular formula is C14H18O5. The zero-order valence-corrected chi connectivity index (χ0v) is 11.1. The molecule has 0 saturated carbocycles. The largest absolute Gasteiger partial charge is 0.508 e. The van der Waals surface area contributed by atoms with Crippen molar-refractivity contribution in [1.29, 1.82) is 0 Å². The minimum absolute atomic E-state index is 0.00961. The molecule has 104 valence electrons. The number of fused-ring (bicyclic) bond motifs is 4. The lowest BCUT2D eigenvalue weighted by molar-refractivity contribution is -0.269. The molecule has 4 atom stereocenters. The molecule has 0 aromatic heterocycles. The van der Waals surface area contributed by atoms with Gasteiger partial charge in [0.25, 0.3) is 0 Å². The summed E-state index contributed by atoms with van der Waals surface area (Å²) in [5, 5.41) is 31.0. The van der Waals surface area contributed by atoms with Gasteiger partial charge in [-0.3, -0.25) is 0 Å². The first-order valence-corrected chi connectivity index (χ1v) is 6.29. The van der Waals surface area contributed by atoms with Crippen molar-refractivity contribution in [3.05, 3.63) is 29.3 Å². The summed E-state index contributed by atoms with van der Waals surface area (Å²) in [6.07, 6.45) is -1.98. The van der Waals surface area contributed by atoms with Crippen molar-refractivity contribution in [1.82, 2.24) is 0 Å². The van der Waals surface area contributed by atoms with Crippen LogP contribution >= 0.6 is 0 Å². The smallest absolute Gasteiger partial charge is 0.223 e. The Hall–Kier alpha value is -1.14. The SMILES string of the molecule is CO[C@@]12OC(C)(C)[C@@H]([C@@H](O)c3c(O)cccc31)[C@@H]2O. The van der Waals surface area contributed by atoms with E-state index in [0.717, 1.165) is 0 Å². The Morgan fingerprint density at radius 1 is 1.26 bits per heavy atom. The summed E-state index contributed by atoms with van der Waals surface area (Å²) in [7, 11) is 1.45. The van der Waals surface area contributed by atoms with Gasteiger partial charge in [-0.2, -0.15) is 0 Å². The van der Waals surface area contributed by atoms with E-state index in [1.165, 1.54) is 13.2 Å². The van der Waals surface area contributed by atoms with Gasteiger partial charge in [0.2, 0.25) is 5.79 Å². The minimum Gasteiger partial charge on any atom is -0.508 e. The first kappa shape index (κ1) is 12.9. The van der Waals surface area contributed by atoms with Crippen molar-refractivity contribution in [3.63, 3.8) is 0 Å². The molecule has 0 amide bonds. The van der Waals surface area contributed by atoms with Gasteiger partial charge in [0.05, 0.1) is 11.7 Å². The quantitative estimate of drug-likeness (QED) is 0.707. The Balaban J connectivity index is 2.31. The first-order chi connectivity index (χ1) is 8.85. The Kier molecular flexibility index (Phi) is 2.51. The van der Waals surface area contributed by atoms with E-state index in [4.69, 9.17) is 9.47 Å². The average Bonchev–Trinajstić information content (AvgIpc) is 2.50. The van der Waals surface area contributed by atoms with Gasteiger partial charge in [-0.15, -0.1) is 0 Å². The monoisotopic (exact) mass is 266 g/mol. The average molecular weight is 266 g/mol. The number of rotatable bonds is 1. The summed E-state index contributed by atoms with van der Waals surface area (Å²) in [6, 6.07) is 4.85.